The Balaban J connectivity index is 3.40. The van der Waals surface area contributed by atoms with Crippen molar-refractivity contribution in [3.63, 3.8) is 0 Å². The number of nitro groups is 1. The summed E-state index contributed by atoms with van der Waals surface area (Å²) in [6.45, 7) is 3.32. The van der Waals surface area contributed by atoms with E-state index >= 15 is 0 Å². The number of likely N-dealkylation sites (N-methyl/N-ethyl adjacent to an activating group) is 1. The third kappa shape index (κ3) is 3.42. The molecule has 0 saturated carbocycles. The SMILES string of the molecule is COC(=O)[C@H](C(C)C)N(C)S(=O)(=O)c1ccccc1[N+](=O)[O-]. The minimum atomic E-state index is -4.22. The van der Waals surface area contributed by atoms with Gasteiger partial charge >= 0.3 is 5.97 Å². The highest BCUT2D eigenvalue weighted by atomic mass is 32.2. The maximum Gasteiger partial charge on any atom is 0.324 e. The molecule has 0 amide bonds. The van der Waals surface area contributed by atoms with Gasteiger partial charge in [0.1, 0.15) is 6.04 Å². The maximum absolute atomic E-state index is 12.6. The molecule has 0 aliphatic rings. The van der Waals surface area contributed by atoms with E-state index in [1.807, 2.05) is 0 Å². The van der Waals surface area contributed by atoms with Crippen LogP contribution in [0.2, 0.25) is 0 Å². The lowest BCUT2D eigenvalue weighted by Gasteiger charge is -2.27. The number of carbonyl (C=O) groups is 1. The van der Waals surface area contributed by atoms with Gasteiger partial charge < -0.3 is 4.74 Å². The minimum Gasteiger partial charge on any atom is -0.468 e. The molecule has 0 bridgehead atoms. The molecule has 9 heteroatoms. The summed E-state index contributed by atoms with van der Waals surface area (Å²) in [7, 11) is -1.87. The Morgan fingerprint density at radius 2 is 1.86 bits per heavy atom. The highest BCUT2D eigenvalue weighted by molar-refractivity contribution is 7.89. The normalized spacial score (nSPS) is 13.2. The molecule has 0 aromatic heterocycles. The molecule has 1 rings (SSSR count). The summed E-state index contributed by atoms with van der Waals surface area (Å²) in [5, 5.41) is 11.0. The molecule has 0 fully saturated rings. The fraction of sp³-hybridized carbons (Fsp3) is 0.462. The van der Waals surface area contributed by atoms with Crippen molar-refractivity contribution in [3.8, 4) is 0 Å². The zero-order valence-electron chi connectivity index (χ0n) is 12.7. The fourth-order valence-electron chi connectivity index (χ4n) is 2.09. The fourth-order valence-corrected chi connectivity index (χ4v) is 3.69. The van der Waals surface area contributed by atoms with Crippen LogP contribution in [0.4, 0.5) is 5.69 Å². The van der Waals surface area contributed by atoms with Gasteiger partial charge in [-0.05, 0) is 12.0 Å². The summed E-state index contributed by atoms with van der Waals surface area (Å²) < 4.78 is 30.7. The van der Waals surface area contributed by atoms with Gasteiger partial charge in [0.15, 0.2) is 4.90 Å². The van der Waals surface area contributed by atoms with Gasteiger partial charge in [-0.25, -0.2) is 8.42 Å². The van der Waals surface area contributed by atoms with Crippen molar-refractivity contribution in [1.82, 2.24) is 4.31 Å². The van der Waals surface area contributed by atoms with Gasteiger partial charge in [-0.15, -0.1) is 0 Å². The summed E-state index contributed by atoms with van der Waals surface area (Å²) >= 11 is 0. The van der Waals surface area contributed by atoms with Crippen LogP contribution in [0.1, 0.15) is 13.8 Å². The van der Waals surface area contributed by atoms with E-state index in [0.717, 1.165) is 23.5 Å². The second-order valence-electron chi connectivity index (χ2n) is 4.96. The molecule has 1 atom stereocenters. The molecule has 1 aromatic carbocycles. The summed E-state index contributed by atoms with van der Waals surface area (Å²) in [6.07, 6.45) is 0. The van der Waals surface area contributed by atoms with Crippen LogP contribution in [0, 0.1) is 16.0 Å². The van der Waals surface area contributed by atoms with Gasteiger partial charge in [0.2, 0.25) is 10.0 Å². The average molecular weight is 330 g/mol. The number of esters is 1. The Morgan fingerprint density at radius 3 is 2.32 bits per heavy atom. The van der Waals surface area contributed by atoms with Gasteiger partial charge in [-0.1, -0.05) is 26.0 Å². The highest BCUT2D eigenvalue weighted by Crippen LogP contribution is 2.28. The van der Waals surface area contributed by atoms with Crippen molar-refractivity contribution in [2.24, 2.45) is 5.92 Å². The van der Waals surface area contributed by atoms with Gasteiger partial charge in [-0.3, -0.25) is 14.9 Å². The predicted octanol–water partition coefficient (Wildman–Crippen LogP) is 1.41. The number of ether oxygens (including phenoxy) is 1. The molecule has 0 N–H and O–H groups in total. The Morgan fingerprint density at radius 1 is 1.32 bits per heavy atom. The smallest absolute Gasteiger partial charge is 0.324 e. The van der Waals surface area contributed by atoms with Gasteiger partial charge in [0.25, 0.3) is 5.69 Å². The third-order valence-electron chi connectivity index (χ3n) is 3.18. The van der Waals surface area contributed by atoms with Crippen molar-refractivity contribution in [3.05, 3.63) is 34.4 Å². The number of sulfonamides is 1. The lowest BCUT2D eigenvalue weighted by atomic mass is 10.1. The zero-order valence-corrected chi connectivity index (χ0v) is 13.5. The van der Waals surface area contributed by atoms with Crippen molar-refractivity contribution in [2.75, 3.05) is 14.2 Å². The Bertz CT molecular complexity index is 671. The molecule has 0 radical (unpaired) electrons. The zero-order chi connectivity index (χ0) is 17.1. The predicted molar refractivity (Wildman–Crippen MR) is 78.7 cm³/mol. The Labute approximate surface area is 128 Å². The summed E-state index contributed by atoms with van der Waals surface area (Å²) in [6, 6.07) is 3.92. The number of rotatable bonds is 6. The minimum absolute atomic E-state index is 0.366. The molecule has 0 heterocycles. The monoisotopic (exact) mass is 330 g/mol. The number of hydrogen-bond donors (Lipinski definition) is 0. The van der Waals surface area contributed by atoms with E-state index in [9.17, 15) is 23.3 Å². The lowest BCUT2D eigenvalue weighted by Crippen LogP contribution is -2.46. The van der Waals surface area contributed by atoms with Crippen LogP contribution in [0.15, 0.2) is 29.2 Å². The standard InChI is InChI=1S/C13H18N2O6S/c1-9(2)12(13(16)21-4)14(3)22(19,20)11-8-6-5-7-10(11)15(17)18/h5-9,12H,1-4H3/t12-/m0/s1. The van der Waals surface area contributed by atoms with E-state index in [1.54, 1.807) is 13.8 Å². The second kappa shape index (κ2) is 6.84. The van der Waals surface area contributed by atoms with Gasteiger partial charge in [0, 0.05) is 13.1 Å². The molecule has 122 valence electrons. The molecular formula is C13H18N2O6S. The molecule has 22 heavy (non-hydrogen) atoms. The van der Waals surface area contributed by atoms with Crippen molar-refractivity contribution in [1.29, 1.82) is 0 Å². The molecular weight excluding hydrogens is 312 g/mol. The van der Waals surface area contributed by atoms with Crippen LogP contribution < -0.4 is 0 Å². The van der Waals surface area contributed by atoms with E-state index in [1.165, 1.54) is 19.2 Å². The van der Waals surface area contributed by atoms with E-state index < -0.39 is 37.5 Å². The van der Waals surface area contributed by atoms with Crippen molar-refractivity contribution >= 4 is 21.7 Å². The van der Waals surface area contributed by atoms with Crippen molar-refractivity contribution < 1.29 is 22.9 Å². The van der Waals surface area contributed by atoms with Crippen LogP contribution in [0.3, 0.4) is 0 Å². The van der Waals surface area contributed by atoms with Crippen LogP contribution >= 0.6 is 0 Å². The van der Waals surface area contributed by atoms with Crippen LogP contribution in [0.5, 0.6) is 0 Å². The summed E-state index contributed by atoms with van der Waals surface area (Å²) in [5.41, 5.74) is -0.540. The molecule has 0 saturated heterocycles. The summed E-state index contributed by atoms with van der Waals surface area (Å²) in [5.74, 6) is -1.09. The number of methoxy groups -OCH3 is 1. The number of para-hydroxylation sites is 1. The van der Waals surface area contributed by atoms with E-state index in [4.69, 9.17) is 0 Å². The van der Waals surface area contributed by atoms with E-state index in [-0.39, 0.29) is 5.92 Å². The topological polar surface area (TPSA) is 107 Å². The largest absolute Gasteiger partial charge is 0.468 e. The number of carbonyl (C=O) groups excluding carboxylic acids is 1. The number of nitrogens with zero attached hydrogens (tertiary/aromatic N) is 2. The Hall–Kier alpha value is -2.00. The molecule has 0 spiro atoms. The third-order valence-corrected chi connectivity index (χ3v) is 5.07. The van der Waals surface area contributed by atoms with Crippen LogP contribution in [-0.2, 0) is 19.6 Å². The first-order chi connectivity index (χ1) is 10.1. The first kappa shape index (κ1) is 18.1. The molecule has 8 nitrogen and oxygen atoms in total. The van der Waals surface area contributed by atoms with E-state index in [0.29, 0.717) is 0 Å². The molecule has 1 aromatic rings. The van der Waals surface area contributed by atoms with Gasteiger partial charge in [-0.2, -0.15) is 4.31 Å². The first-order valence-corrected chi connectivity index (χ1v) is 7.87. The number of benzene rings is 1. The average Bonchev–Trinajstić information content (AvgIpc) is 2.46. The summed E-state index contributed by atoms with van der Waals surface area (Å²) in [4.78, 5) is 21.6. The number of hydrogen-bond acceptors (Lipinski definition) is 6. The van der Waals surface area contributed by atoms with Crippen molar-refractivity contribution in [2.45, 2.75) is 24.8 Å². The lowest BCUT2D eigenvalue weighted by molar-refractivity contribution is -0.387. The maximum atomic E-state index is 12.6. The molecule has 0 aliphatic carbocycles. The molecule has 0 aliphatic heterocycles. The molecule has 0 unspecified atom stereocenters. The highest BCUT2D eigenvalue weighted by Gasteiger charge is 2.38. The van der Waals surface area contributed by atoms with Gasteiger partial charge in [0.05, 0.1) is 12.0 Å². The first-order valence-electron chi connectivity index (χ1n) is 6.43. The second-order valence-corrected chi connectivity index (χ2v) is 6.92. The van der Waals surface area contributed by atoms with Crippen LogP contribution in [-0.4, -0.2) is 43.8 Å². The van der Waals surface area contributed by atoms with Crippen LogP contribution in [0.25, 0.3) is 0 Å². The Kier molecular flexibility index (Phi) is 5.61. The number of nitro benzene ring substituents is 1. The quantitative estimate of drug-likeness (QED) is 0.443. The van der Waals surface area contributed by atoms with E-state index in [2.05, 4.69) is 4.74 Å².